The topological polar surface area (TPSA) is 33.2 Å². The molecule has 1 aromatic heterocycles. The van der Waals surface area contributed by atoms with Gasteiger partial charge in [-0.25, -0.2) is 0 Å². The van der Waals surface area contributed by atoms with Crippen LogP contribution in [0.3, 0.4) is 0 Å². The molecule has 0 atom stereocenters. The summed E-state index contributed by atoms with van der Waals surface area (Å²) in [4.78, 5) is 19.1. The van der Waals surface area contributed by atoms with Gasteiger partial charge in [-0.3, -0.25) is 9.78 Å². The van der Waals surface area contributed by atoms with E-state index in [1.165, 1.54) is 43.2 Å². The van der Waals surface area contributed by atoms with Gasteiger partial charge in [0.2, 0.25) is 0 Å². The van der Waals surface area contributed by atoms with Crippen LogP contribution in [-0.2, 0) is 12.0 Å². The second kappa shape index (κ2) is 5.80. The second-order valence-electron chi connectivity index (χ2n) is 6.90. The third-order valence-corrected chi connectivity index (χ3v) is 5.45. The van der Waals surface area contributed by atoms with E-state index in [9.17, 15) is 4.79 Å². The molecule has 1 spiro atoms. The quantitative estimate of drug-likeness (QED) is 0.799. The summed E-state index contributed by atoms with van der Waals surface area (Å²) in [5.41, 5.74) is 3.65. The number of carbonyl (C=O) groups is 1. The van der Waals surface area contributed by atoms with Crippen LogP contribution in [0.4, 0.5) is 0 Å². The Morgan fingerprint density at radius 3 is 2.65 bits per heavy atom. The van der Waals surface area contributed by atoms with Crippen molar-refractivity contribution in [3.05, 3.63) is 65.5 Å². The molecule has 0 unspecified atom stereocenters. The van der Waals surface area contributed by atoms with Crippen molar-refractivity contribution in [2.24, 2.45) is 0 Å². The molecule has 2 heterocycles. The molecule has 0 N–H and O–H groups in total. The molecule has 1 fully saturated rings. The van der Waals surface area contributed by atoms with Crippen molar-refractivity contribution < 1.29 is 4.79 Å². The number of fused-ring (bicyclic) bond motifs is 2. The maximum atomic E-state index is 12.9. The standard InChI is InChI=1S/C20H22N2O/c23-19(16-8-6-12-21-13-16)22-14-17-7-2-3-9-18(17)20(15-22)10-4-1-5-11-20/h2-3,6-9,12-13H,1,4-5,10-11,14-15H2. The summed E-state index contributed by atoms with van der Waals surface area (Å²) in [6.45, 7) is 1.56. The minimum absolute atomic E-state index is 0.109. The molecular weight excluding hydrogens is 284 g/mol. The van der Waals surface area contributed by atoms with Crippen molar-refractivity contribution in [3.8, 4) is 0 Å². The van der Waals surface area contributed by atoms with Crippen LogP contribution in [0.25, 0.3) is 0 Å². The lowest BCUT2D eigenvalue weighted by Crippen LogP contribution is -2.49. The van der Waals surface area contributed by atoms with Gasteiger partial charge >= 0.3 is 0 Å². The first kappa shape index (κ1) is 14.4. The Hall–Kier alpha value is -2.16. The number of pyridine rings is 1. The van der Waals surface area contributed by atoms with Gasteiger partial charge in [0.1, 0.15) is 0 Å². The van der Waals surface area contributed by atoms with E-state index in [0.29, 0.717) is 12.1 Å². The van der Waals surface area contributed by atoms with Gasteiger partial charge < -0.3 is 4.90 Å². The first-order valence-corrected chi connectivity index (χ1v) is 8.56. The summed E-state index contributed by atoms with van der Waals surface area (Å²) in [6, 6.07) is 12.4. The number of benzene rings is 1. The predicted molar refractivity (Wildman–Crippen MR) is 90.2 cm³/mol. The van der Waals surface area contributed by atoms with Gasteiger partial charge in [0.05, 0.1) is 5.56 Å². The van der Waals surface area contributed by atoms with Crippen molar-refractivity contribution >= 4 is 5.91 Å². The Morgan fingerprint density at radius 1 is 1.04 bits per heavy atom. The maximum Gasteiger partial charge on any atom is 0.255 e. The fourth-order valence-corrected chi connectivity index (χ4v) is 4.36. The molecule has 1 saturated carbocycles. The molecule has 2 aliphatic rings. The zero-order chi connectivity index (χ0) is 15.7. The van der Waals surface area contributed by atoms with Crippen LogP contribution in [0.2, 0.25) is 0 Å². The molecule has 118 valence electrons. The number of rotatable bonds is 1. The van der Waals surface area contributed by atoms with E-state index in [-0.39, 0.29) is 11.3 Å². The molecule has 3 nitrogen and oxygen atoms in total. The summed E-state index contributed by atoms with van der Waals surface area (Å²) >= 11 is 0. The van der Waals surface area contributed by atoms with Gasteiger partial charge in [-0.2, -0.15) is 0 Å². The molecule has 3 heteroatoms. The lowest BCUT2D eigenvalue weighted by Gasteiger charge is -2.46. The van der Waals surface area contributed by atoms with Crippen LogP contribution in [-0.4, -0.2) is 22.3 Å². The smallest absolute Gasteiger partial charge is 0.255 e. The second-order valence-corrected chi connectivity index (χ2v) is 6.90. The SMILES string of the molecule is O=C(c1cccnc1)N1Cc2ccccc2C2(CCCCC2)C1. The number of hydrogen-bond acceptors (Lipinski definition) is 2. The van der Waals surface area contributed by atoms with Crippen molar-refractivity contribution in [2.45, 2.75) is 44.1 Å². The van der Waals surface area contributed by atoms with Gasteiger partial charge in [0.15, 0.2) is 0 Å². The van der Waals surface area contributed by atoms with Crippen molar-refractivity contribution in [1.29, 1.82) is 0 Å². The Labute approximate surface area is 137 Å². The van der Waals surface area contributed by atoms with Crippen LogP contribution >= 0.6 is 0 Å². The molecule has 0 bridgehead atoms. The average molecular weight is 306 g/mol. The number of amides is 1. The van der Waals surface area contributed by atoms with E-state index in [0.717, 1.165) is 6.54 Å². The van der Waals surface area contributed by atoms with Gasteiger partial charge in [0, 0.05) is 30.9 Å². The molecular formula is C20H22N2O. The van der Waals surface area contributed by atoms with Crippen LogP contribution < -0.4 is 0 Å². The van der Waals surface area contributed by atoms with E-state index in [2.05, 4.69) is 29.2 Å². The summed E-state index contributed by atoms with van der Waals surface area (Å²) in [5.74, 6) is 0.109. The first-order valence-electron chi connectivity index (χ1n) is 8.56. The van der Waals surface area contributed by atoms with E-state index < -0.39 is 0 Å². The Bertz CT molecular complexity index is 705. The predicted octanol–water partition coefficient (Wildman–Crippen LogP) is 3.94. The monoisotopic (exact) mass is 306 g/mol. The summed E-state index contributed by atoms with van der Waals surface area (Å²) in [6.07, 6.45) is 9.63. The number of nitrogens with zero attached hydrogens (tertiary/aromatic N) is 2. The number of carbonyl (C=O) groups excluding carboxylic acids is 1. The molecule has 1 aromatic carbocycles. The van der Waals surface area contributed by atoms with Crippen LogP contribution in [0.1, 0.15) is 53.6 Å². The highest BCUT2D eigenvalue weighted by atomic mass is 16.2. The molecule has 0 saturated heterocycles. The zero-order valence-corrected chi connectivity index (χ0v) is 13.4. The van der Waals surface area contributed by atoms with E-state index in [4.69, 9.17) is 0 Å². The molecule has 4 rings (SSSR count). The third kappa shape index (κ3) is 2.54. The minimum atomic E-state index is 0.109. The fourth-order valence-electron chi connectivity index (χ4n) is 4.36. The molecule has 1 amide bonds. The summed E-state index contributed by atoms with van der Waals surface area (Å²) < 4.78 is 0. The van der Waals surface area contributed by atoms with Gasteiger partial charge in [0.25, 0.3) is 5.91 Å². The van der Waals surface area contributed by atoms with Gasteiger partial charge in [-0.05, 0) is 36.1 Å². The highest BCUT2D eigenvalue weighted by Gasteiger charge is 2.41. The Balaban J connectivity index is 1.71. The lowest BCUT2D eigenvalue weighted by molar-refractivity contribution is 0.0635. The minimum Gasteiger partial charge on any atom is -0.333 e. The van der Waals surface area contributed by atoms with E-state index in [1.807, 2.05) is 17.0 Å². The largest absolute Gasteiger partial charge is 0.333 e. The van der Waals surface area contributed by atoms with Gasteiger partial charge in [-0.15, -0.1) is 0 Å². The average Bonchev–Trinajstić information content (AvgIpc) is 2.62. The summed E-state index contributed by atoms with van der Waals surface area (Å²) in [7, 11) is 0. The Morgan fingerprint density at radius 2 is 1.87 bits per heavy atom. The molecule has 23 heavy (non-hydrogen) atoms. The van der Waals surface area contributed by atoms with Crippen LogP contribution in [0.5, 0.6) is 0 Å². The molecule has 0 radical (unpaired) electrons. The van der Waals surface area contributed by atoms with Crippen molar-refractivity contribution in [1.82, 2.24) is 9.88 Å². The molecule has 2 aromatic rings. The molecule has 1 aliphatic carbocycles. The third-order valence-electron chi connectivity index (χ3n) is 5.45. The Kier molecular flexibility index (Phi) is 3.64. The fraction of sp³-hybridized carbons (Fsp3) is 0.400. The maximum absolute atomic E-state index is 12.9. The zero-order valence-electron chi connectivity index (χ0n) is 13.4. The first-order chi connectivity index (χ1) is 11.3. The number of hydrogen-bond donors (Lipinski definition) is 0. The van der Waals surface area contributed by atoms with E-state index >= 15 is 0 Å². The van der Waals surface area contributed by atoms with Crippen molar-refractivity contribution in [3.63, 3.8) is 0 Å². The summed E-state index contributed by atoms with van der Waals surface area (Å²) in [5, 5.41) is 0. The van der Waals surface area contributed by atoms with Crippen molar-refractivity contribution in [2.75, 3.05) is 6.54 Å². The highest BCUT2D eigenvalue weighted by molar-refractivity contribution is 5.94. The highest BCUT2D eigenvalue weighted by Crippen LogP contribution is 2.44. The number of aromatic nitrogens is 1. The van der Waals surface area contributed by atoms with E-state index in [1.54, 1.807) is 12.4 Å². The van der Waals surface area contributed by atoms with Crippen LogP contribution in [0.15, 0.2) is 48.8 Å². The van der Waals surface area contributed by atoms with Gasteiger partial charge in [-0.1, -0.05) is 43.5 Å². The van der Waals surface area contributed by atoms with Crippen LogP contribution in [0, 0.1) is 0 Å². The lowest BCUT2D eigenvalue weighted by atomic mass is 9.66. The molecule has 1 aliphatic heterocycles. The normalized spacial score (nSPS) is 19.4.